The van der Waals surface area contributed by atoms with E-state index in [1.807, 2.05) is 0 Å². The minimum absolute atomic E-state index is 0.0526. The molecule has 0 aromatic heterocycles. The van der Waals surface area contributed by atoms with Gasteiger partial charge in [-0.3, -0.25) is 14.1 Å². The zero-order chi connectivity index (χ0) is 23.1. The van der Waals surface area contributed by atoms with Crippen LogP contribution in [0.5, 0.6) is 5.75 Å². The maximum absolute atomic E-state index is 13.4. The number of carbonyl (C=O) groups is 1. The van der Waals surface area contributed by atoms with Crippen molar-refractivity contribution in [1.29, 1.82) is 5.26 Å². The van der Waals surface area contributed by atoms with Crippen LogP contribution >= 0.6 is 12.2 Å². The van der Waals surface area contributed by atoms with Crippen molar-refractivity contribution in [1.82, 2.24) is 0 Å². The molecule has 162 valence electrons. The average molecular weight is 451 g/mol. The van der Waals surface area contributed by atoms with Crippen LogP contribution in [0.15, 0.2) is 36.4 Å². The van der Waals surface area contributed by atoms with Crippen molar-refractivity contribution >= 4 is 34.6 Å². The van der Waals surface area contributed by atoms with Crippen molar-refractivity contribution in [3.05, 3.63) is 53.1 Å². The Labute approximate surface area is 181 Å². The molecule has 2 aromatic rings. The van der Waals surface area contributed by atoms with E-state index in [1.54, 1.807) is 13.8 Å². The Bertz CT molecular complexity index is 1110. The number of hydrogen-bond donors (Lipinski definition) is 1. The van der Waals surface area contributed by atoms with Gasteiger partial charge in [-0.1, -0.05) is 0 Å². The van der Waals surface area contributed by atoms with E-state index in [4.69, 9.17) is 17.5 Å². The minimum Gasteiger partial charge on any atom is -0.508 e. The lowest BCUT2D eigenvalue weighted by atomic mass is 10.0. The number of benzene rings is 2. The van der Waals surface area contributed by atoms with Crippen molar-refractivity contribution in [3.8, 4) is 11.8 Å². The number of rotatable bonds is 4. The Morgan fingerprint density at radius 3 is 2.39 bits per heavy atom. The highest BCUT2D eigenvalue weighted by molar-refractivity contribution is 7.81. The molecule has 2 aromatic carbocycles. The molecule has 0 aliphatic carbocycles. The first kappa shape index (κ1) is 22.5. The number of alkyl halides is 4. The summed E-state index contributed by atoms with van der Waals surface area (Å²) in [4.78, 5) is 15.6. The SMILES string of the molecule is CC1(C)C(=O)N(c2ccc(C#N)c(C(F)(F)F)c2)C(=S)N1c1ccc(O)c(CCF)c1. The van der Waals surface area contributed by atoms with Gasteiger partial charge in [0, 0.05) is 12.1 Å². The van der Waals surface area contributed by atoms with E-state index in [-0.39, 0.29) is 23.0 Å². The van der Waals surface area contributed by atoms with Crippen LogP contribution in [0.3, 0.4) is 0 Å². The topological polar surface area (TPSA) is 67.6 Å². The molecule has 1 aliphatic rings. The lowest BCUT2D eigenvalue weighted by Crippen LogP contribution is -2.44. The molecule has 3 rings (SSSR count). The zero-order valence-electron chi connectivity index (χ0n) is 16.5. The van der Waals surface area contributed by atoms with Crippen LogP contribution in [-0.4, -0.2) is 28.3 Å². The number of amides is 1. The molecule has 0 atom stereocenters. The number of nitrogens with zero attached hydrogens (tertiary/aromatic N) is 3. The van der Waals surface area contributed by atoms with E-state index >= 15 is 0 Å². The molecule has 0 saturated carbocycles. The van der Waals surface area contributed by atoms with Gasteiger partial charge >= 0.3 is 6.18 Å². The molecule has 1 N–H and O–H groups in total. The van der Waals surface area contributed by atoms with Crippen LogP contribution in [0.25, 0.3) is 0 Å². The fourth-order valence-corrected chi connectivity index (χ4v) is 3.99. The minimum atomic E-state index is -4.79. The number of anilines is 2. The summed E-state index contributed by atoms with van der Waals surface area (Å²) in [7, 11) is 0. The van der Waals surface area contributed by atoms with Crippen LogP contribution < -0.4 is 9.80 Å². The number of aryl methyl sites for hydroxylation is 1. The van der Waals surface area contributed by atoms with Crippen molar-refractivity contribution in [2.75, 3.05) is 16.5 Å². The van der Waals surface area contributed by atoms with Gasteiger partial charge in [0.25, 0.3) is 5.91 Å². The second kappa shape index (κ2) is 7.81. The monoisotopic (exact) mass is 451 g/mol. The summed E-state index contributed by atoms with van der Waals surface area (Å²) < 4.78 is 53.0. The quantitative estimate of drug-likeness (QED) is 0.539. The number of carbonyl (C=O) groups excluding carboxylic acids is 1. The van der Waals surface area contributed by atoms with Gasteiger partial charge in [0.2, 0.25) is 0 Å². The van der Waals surface area contributed by atoms with E-state index in [0.717, 1.165) is 11.0 Å². The van der Waals surface area contributed by atoms with Gasteiger partial charge in [0.1, 0.15) is 11.3 Å². The summed E-state index contributed by atoms with van der Waals surface area (Å²) in [5.74, 6) is -0.690. The smallest absolute Gasteiger partial charge is 0.417 e. The van der Waals surface area contributed by atoms with Crippen molar-refractivity contribution < 1.29 is 27.5 Å². The first-order valence-electron chi connectivity index (χ1n) is 9.11. The summed E-state index contributed by atoms with van der Waals surface area (Å²) in [6.45, 7) is 2.40. The van der Waals surface area contributed by atoms with Crippen molar-refractivity contribution in [2.24, 2.45) is 0 Å². The van der Waals surface area contributed by atoms with Crippen LogP contribution in [-0.2, 0) is 17.4 Å². The lowest BCUT2D eigenvalue weighted by molar-refractivity contribution is -0.137. The largest absolute Gasteiger partial charge is 0.508 e. The van der Waals surface area contributed by atoms with Crippen LogP contribution in [0.2, 0.25) is 0 Å². The normalized spacial score (nSPS) is 16.0. The zero-order valence-corrected chi connectivity index (χ0v) is 17.3. The molecule has 0 bridgehead atoms. The molecule has 5 nitrogen and oxygen atoms in total. The number of thiocarbonyl (C=S) groups is 1. The maximum Gasteiger partial charge on any atom is 0.417 e. The van der Waals surface area contributed by atoms with Crippen LogP contribution in [0, 0.1) is 11.3 Å². The molecule has 1 aliphatic heterocycles. The van der Waals surface area contributed by atoms with Gasteiger partial charge in [-0.2, -0.15) is 18.4 Å². The molecule has 0 spiro atoms. The molecule has 31 heavy (non-hydrogen) atoms. The van der Waals surface area contributed by atoms with Crippen LogP contribution in [0.1, 0.15) is 30.5 Å². The van der Waals surface area contributed by atoms with E-state index in [0.29, 0.717) is 17.3 Å². The molecule has 1 saturated heterocycles. The Morgan fingerprint density at radius 2 is 1.81 bits per heavy atom. The predicted octanol–water partition coefficient (Wildman–Crippen LogP) is 4.71. The maximum atomic E-state index is 13.4. The Hall–Kier alpha value is -3.19. The fourth-order valence-electron chi connectivity index (χ4n) is 3.47. The third kappa shape index (κ3) is 3.81. The van der Waals surface area contributed by atoms with E-state index in [2.05, 4.69) is 0 Å². The molecular formula is C21H17F4N3O2S. The Kier molecular flexibility index (Phi) is 5.67. The highest BCUT2D eigenvalue weighted by Gasteiger charge is 2.50. The standard InChI is InChI=1S/C21H17F4N3O2S/c1-20(2)18(30)27(14-4-3-13(11-26)16(10-14)21(23,24)25)19(31)28(20)15-5-6-17(29)12(9-15)7-8-22/h3-6,9-10,29H,7-8H2,1-2H3. The molecule has 0 unspecified atom stereocenters. The molecule has 1 amide bonds. The highest BCUT2D eigenvalue weighted by Crippen LogP contribution is 2.40. The average Bonchev–Trinajstić information content (AvgIpc) is 2.87. The summed E-state index contributed by atoms with van der Waals surface area (Å²) in [6, 6.07) is 8.74. The Balaban J connectivity index is 2.11. The number of aromatic hydroxyl groups is 1. The summed E-state index contributed by atoms with van der Waals surface area (Å²) in [5, 5.41) is 18.8. The van der Waals surface area contributed by atoms with Gasteiger partial charge in [-0.15, -0.1) is 0 Å². The van der Waals surface area contributed by atoms with Crippen LogP contribution in [0.4, 0.5) is 28.9 Å². The second-order valence-corrected chi connectivity index (χ2v) is 7.77. The van der Waals surface area contributed by atoms with E-state index in [1.165, 1.54) is 35.2 Å². The molecule has 10 heteroatoms. The molecular weight excluding hydrogens is 434 g/mol. The number of nitriles is 1. The van der Waals surface area contributed by atoms with Crippen molar-refractivity contribution in [2.45, 2.75) is 32.0 Å². The third-order valence-corrected chi connectivity index (χ3v) is 5.41. The fraction of sp³-hybridized carbons (Fsp3) is 0.286. The summed E-state index contributed by atoms with van der Waals surface area (Å²) in [6.07, 6.45) is -4.85. The van der Waals surface area contributed by atoms with Gasteiger partial charge in [0.05, 0.1) is 29.6 Å². The lowest BCUT2D eigenvalue weighted by Gasteiger charge is -2.30. The van der Waals surface area contributed by atoms with Gasteiger partial charge in [-0.05, 0) is 68.0 Å². The predicted molar refractivity (Wildman–Crippen MR) is 111 cm³/mol. The first-order chi connectivity index (χ1) is 14.4. The third-order valence-electron chi connectivity index (χ3n) is 5.04. The summed E-state index contributed by atoms with van der Waals surface area (Å²) in [5.41, 5.74) is -2.44. The number of halogens is 4. The molecule has 0 radical (unpaired) electrons. The highest BCUT2D eigenvalue weighted by atomic mass is 32.1. The van der Waals surface area contributed by atoms with Gasteiger partial charge < -0.3 is 10.0 Å². The molecule has 1 fully saturated rings. The van der Waals surface area contributed by atoms with E-state index in [9.17, 15) is 27.5 Å². The van der Waals surface area contributed by atoms with Crippen molar-refractivity contribution in [3.63, 3.8) is 0 Å². The number of phenolic OH excluding ortho intramolecular Hbond substituents is 1. The molecule has 1 heterocycles. The number of hydrogen-bond acceptors (Lipinski definition) is 4. The number of phenols is 1. The van der Waals surface area contributed by atoms with Gasteiger partial charge in [-0.25, -0.2) is 0 Å². The summed E-state index contributed by atoms with van der Waals surface area (Å²) >= 11 is 5.44. The Morgan fingerprint density at radius 1 is 1.16 bits per heavy atom. The second-order valence-electron chi connectivity index (χ2n) is 7.41. The van der Waals surface area contributed by atoms with Gasteiger partial charge in [0.15, 0.2) is 5.11 Å². The van der Waals surface area contributed by atoms with E-state index < -0.39 is 35.4 Å². The first-order valence-corrected chi connectivity index (χ1v) is 9.52.